The summed E-state index contributed by atoms with van der Waals surface area (Å²) in [6, 6.07) is 1.66. The summed E-state index contributed by atoms with van der Waals surface area (Å²) in [5, 5.41) is 11.3. The molecule has 2 N–H and O–H groups in total. The number of halogens is 1. The molecule has 0 aliphatic rings. The monoisotopic (exact) mass is 328 g/mol. The van der Waals surface area contributed by atoms with Gasteiger partial charge in [0.2, 0.25) is 0 Å². The molecule has 6 heteroatoms. The van der Waals surface area contributed by atoms with Crippen molar-refractivity contribution in [3.8, 4) is 0 Å². The lowest BCUT2D eigenvalue weighted by molar-refractivity contribution is -0.137. The molecule has 0 radical (unpaired) electrons. The molecule has 5 nitrogen and oxygen atoms in total. The van der Waals surface area contributed by atoms with Crippen LogP contribution in [0.1, 0.15) is 42.5 Å². The first-order valence-electron chi connectivity index (χ1n) is 6.21. The minimum atomic E-state index is -0.754. The van der Waals surface area contributed by atoms with Crippen molar-refractivity contribution in [3.63, 3.8) is 0 Å². The molecule has 0 aliphatic carbocycles. The number of carboxylic acids is 1. The van der Waals surface area contributed by atoms with Gasteiger partial charge < -0.3 is 10.4 Å². The number of amides is 1. The van der Waals surface area contributed by atoms with Crippen LogP contribution in [-0.4, -0.2) is 28.5 Å². The van der Waals surface area contributed by atoms with Crippen LogP contribution in [-0.2, 0) is 4.79 Å². The molecule has 0 aromatic carbocycles. The van der Waals surface area contributed by atoms with Crippen molar-refractivity contribution in [1.82, 2.24) is 10.3 Å². The van der Waals surface area contributed by atoms with Crippen LogP contribution in [0.3, 0.4) is 0 Å². The standard InChI is InChI=1S/C13H17BrN2O3/c14-11-9-15-8-6-10(11)13(19)16-7-4-2-1-3-5-12(17)18/h6,8-9H,1-5,7H2,(H,16,19)(H,17,18). The molecule has 0 spiro atoms. The summed E-state index contributed by atoms with van der Waals surface area (Å²) in [6.45, 7) is 0.598. The van der Waals surface area contributed by atoms with Gasteiger partial charge in [-0.05, 0) is 34.8 Å². The fourth-order valence-electron chi connectivity index (χ4n) is 1.61. The molecule has 1 heterocycles. The van der Waals surface area contributed by atoms with E-state index in [1.807, 2.05) is 0 Å². The number of unbranched alkanes of at least 4 members (excludes halogenated alkanes) is 3. The Kier molecular flexibility index (Phi) is 7.10. The summed E-state index contributed by atoms with van der Waals surface area (Å²) in [7, 11) is 0. The summed E-state index contributed by atoms with van der Waals surface area (Å²) < 4.78 is 0.675. The van der Waals surface area contributed by atoms with E-state index < -0.39 is 5.97 Å². The molecule has 1 rings (SSSR count). The smallest absolute Gasteiger partial charge is 0.303 e. The second-order valence-electron chi connectivity index (χ2n) is 4.17. The third-order valence-corrected chi connectivity index (χ3v) is 3.25. The lowest BCUT2D eigenvalue weighted by Crippen LogP contribution is -2.24. The average Bonchev–Trinajstić information content (AvgIpc) is 2.37. The van der Waals surface area contributed by atoms with Crippen LogP contribution >= 0.6 is 15.9 Å². The largest absolute Gasteiger partial charge is 0.481 e. The van der Waals surface area contributed by atoms with Gasteiger partial charge in [-0.3, -0.25) is 14.6 Å². The van der Waals surface area contributed by atoms with Gasteiger partial charge in [0, 0.05) is 29.8 Å². The molecule has 104 valence electrons. The van der Waals surface area contributed by atoms with E-state index in [1.54, 1.807) is 18.5 Å². The average molecular weight is 329 g/mol. The highest BCUT2D eigenvalue weighted by molar-refractivity contribution is 9.10. The molecule has 0 bridgehead atoms. The van der Waals surface area contributed by atoms with E-state index in [0.717, 1.165) is 19.3 Å². The van der Waals surface area contributed by atoms with Crippen LogP contribution in [0.2, 0.25) is 0 Å². The van der Waals surface area contributed by atoms with Crippen molar-refractivity contribution in [1.29, 1.82) is 0 Å². The molecule has 1 amide bonds. The topological polar surface area (TPSA) is 79.3 Å². The Labute approximate surface area is 120 Å². The van der Waals surface area contributed by atoms with Gasteiger partial charge in [0.25, 0.3) is 5.91 Å². The summed E-state index contributed by atoms with van der Waals surface area (Å²) in [5.41, 5.74) is 0.570. The number of hydrogen-bond acceptors (Lipinski definition) is 3. The van der Waals surface area contributed by atoms with E-state index in [2.05, 4.69) is 26.2 Å². The number of aliphatic carboxylic acids is 1. The summed E-state index contributed by atoms with van der Waals surface area (Å²) >= 11 is 3.27. The molecule has 0 saturated carbocycles. The highest BCUT2D eigenvalue weighted by Gasteiger charge is 2.08. The molecular formula is C13H17BrN2O3. The van der Waals surface area contributed by atoms with Crippen LogP contribution in [0.25, 0.3) is 0 Å². The molecular weight excluding hydrogens is 312 g/mol. The van der Waals surface area contributed by atoms with Crippen molar-refractivity contribution in [2.45, 2.75) is 32.1 Å². The summed E-state index contributed by atoms with van der Waals surface area (Å²) in [6.07, 6.45) is 6.72. The number of nitrogens with zero attached hydrogens (tertiary/aromatic N) is 1. The fourth-order valence-corrected chi connectivity index (χ4v) is 2.04. The van der Waals surface area contributed by atoms with Crippen LogP contribution in [0.4, 0.5) is 0 Å². The number of nitrogens with one attached hydrogen (secondary N) is 1. The fraction of sp³-hybridized carbons (Fsp3) is 0.462. The van der Waals surface area contributed by atoms with E-state index in [-0.39, 0.29) is 12.3 Å². The number of carboxylic acid groups (broad SMARTS) is 1. The number of carbonyl (C=O) groups excluding carboxylic acids is 1. The predicted octanol–water partition coefficient (Wildman–Crippen LogP) is 2.61. The minimum absolute atomic E-state index is 0.125. The Morgan fingerprint density at radius 1 is 1.26 bits per heavy atom. The van der Waals surface area contributed by atoms with Gasteiger partial charge in [-0.1, -0.05) is 12.8 Å². The van der Waals surface area contributed by atoms with E-state index in [9.17, 15) is 9.59 Å². The van der Waals surface area contributed by atoms with Crippen molar-refractivity contribution < 1.29 is 14.7 Å². The van der Waals surface area contributed by atoms with Crippen molar-refractivity contribution in [2.24, 2.45) is 0 Å². The van der Waals surface area contributed by atoms with Crippen LogP contribution in [0.5, 0.6) is 0 Å². The Hall–Kier alpha value is -1.43. The lowest BCUT2D eigenvalue weighted by Gasteiger charge is -2.06. The van der Waals surface area contributed by atoms with E-state index in [0.29, 0.717) is 23.0 Å². The van der Waals surface area contributed by atoms with E-state index in [4.69, 9.17) is 5.11 Å². The van der Waals surface area contributed by atoms with Crippen LogP contribution in [0.15, 0.2) is 22.9 Å². The van der Waals surface area contributed by atoms with Crippen molar-refractivity contribution in [2.75, 3.05) is 6.54 Å². The molecule has 0 unspecified atom stereocenters. The first kappa shape index (κ1) is 15.6. The second-order valence-corrected chi connectivity index (χ2v) is 5.02. The quantitative estimate of drug-likeness (QED) is 0.719. The normalized spacial score (nSPS) is 10.2. The van der Waals surface area contributed by atoms with Gasteiger partial charge in [0.05, 0.1) is 5.56 Å². The van der Waals surface area contributed by atoms with Crippen molar-refractivity contribution >= 4 is 27.8 Å². The highest BCUT2D eigenvalue weighted by Crippen LogP contribution is 2.13. The Morgan fingerprint density at radius 3 is 2.68 bits per heavy atom. The summed E-state index contributed by atoms with van der Waals surface area (Å²) in [5.74, 6) is -0.879. The first-order chi connectivity index (χ1) is 9.11. The Balaban J connectivity index is 2.15. The number of rotatable bonds is 8. The second kappa shape index (κ2) is 8.63. The zero-order valence-electron chi connectivity index (χ0n) is 10.6. The van der Waals surface area contributed by atoms with Gasteiger partial charge in [-0.2, -0.15) is 0 Å². The molecule has 19 heavy (non-hydrogen) atoms. The number of aromatic nitrogens is 1. The Bertz CT molecular complexity index is 438. The zero-order chi connectivity index (χ0) is 14.1. The zero-order valence-corrected chi connectivity index (χ0v) is 12.1. The Morgan fingerprint density at radius 2 is 2.00 bits per heavy atom. The SMILES string of the molecule is O=C(O)CCCCCCNC(=O)c1ccncc1Br. The lowest BCUT2D eigenvalue weighted by atomic mass is 10.1. The first-order valence-corrected chi connectivity index (χ1v) is 7.00. The molecule has 0 aliphatic heterocycles. The number of hydrogen-bond donors (Lipinski definition) is 2. The van der Waals surface area contributed by atoms with E-state index >= 15 is 0 Å². The van der Waals surface area contributed by atoms with Crippen LogP contribution in [0, 0.1) is 0 Å². The molecule has 0 saturated heterocycles. The third-order valence-electron chi connectivity index (χ3n) is 2.62. The van der Waals surface area contributed by atoms with Gasteiger partial charge in [-0.25, -0.2) is 0 Å². The van der Waals surface area contributed by atoms with Gasteiger partial charge in [0.1, 0.15) is 0 Å². The van der Waals surface area contributed by atoms with E-state index in [1.165, 1.54) is 0 Å². The maximum atomic E-state index is 11.8. The van der Waals surface area contributed by atoms with Gasteiger partial charge in [-0.15, -0.1) is 0 Å². The van der Waals surface area contributed by atoms with Crippen LogP contribution < -0.4 is 5.32 Å². The van der Waals surface area contributed by atoms with Gasteiger partial charge in [0.15, 0.2) is 0 Å². The molecule has 1 aromatic heterocycles. The molecule has 1 aromatic rings. The minimum Gasteiger partial charge on any atom is -0.481 e. The maximum Gasteiger partial charge on any atom is 0.303 e. The van der Waals surface area contributed by atoms with Gasteiger partial charge >= 0.3 is 5.97 Å². The third kappa shape index (κ3) is 6.33. The predicted molar refractivity (Wildman–Crippen MR) is 75.0 cm³/mol. The number of pyridine rings is 1. The maximum absolute atomic E-state index is 11.8. The van der Waals surface area contributed by atoms with Crippen molar-refractivity contribution in [3.05, 3.63) is 28.5 Å². The molecule has 0 fully saturated rings. The summed E-state index contributed by atoms with van der Waals surface area (Å²) in [4.78, 5) is 26.0. The highest BCUT2D eigenvalue weighted by atomic mass is 79.9. The number of carbonyl (C=O) groups is 2. The molecule has 0 atom stereocenters.